The lowest BCUT2D eigenvalue weighted by atomic mass is 10.1. The van der Waals surface area contributed by atoms with Crippen LogP contribution in [-0.4, -0.2) is 9.67 Å². The van der Waals surface area contributed by atoms with Crippen LogP contribution in [0.25, 0.3) is 0 Å². The first-order valence-electron chi connectivity index (χ1n) is 5.78. The van der Waals surface area contributed by atoms with Gasteiger partial charge in [-0.2, -0.15) is 0 Å². The molecule has 0 aliphatic heterocycles. The molecule has 0 aliphatic carbocycles. The van der Waals surface area contributed by atoms with Crippen LogP contribution < -0.4 is 5.56 Å². The van der Waals surface area contributed by atoms with Crippen molar-refractivity contribution < 1.29 is 13.9 Å². The van der Waals surface area contributed by atoms with Gasteiger partial charge in [-0.3, -0.25) is 4.79 Å². The van der Waals surface area contributed by atoms with E-state index in [4.69, 9.17) is 0 Å². The largest absolute Gasteiger partial charge is 0.386 e. The molecule has 1 atom stereocenters. The van der Waals surface area contributed by atoms with E-state index in [0.717, 1.165) is 11.6 Å². The molecule has 2 rings (SSSR count). The van der Waals surface area contributed by atoms with Gasteiger partial charge in [0.1, 0.15) is 0 Å². The van der Waals surface area contributed by atoms with E-state index in [1.54, 1.807) is 13.0 Å². The molecule has 1 aromatic heterocycles. The molecule has 1 N–H and O–H groups in total. The van der Waals surface area contributed by atoms with Crippen molar-refractivity contribution in [3.05, 3.63) is 69.6 Å². The monoisotopic (exact) mass is 265 g/mol. The van der Waals surface area contributed by atoms with E-state index in [9.17, 15) is 18.7 Å². The van der Waals surface area contributed by atoms with Crippen LogP contribution in [0.15, 0.2) is 41.3 Å². The fourth-order valence-electron chi connectivity index (χ4n) is 1.82. The standard InChI is InChI=1S/C14H13F2NO2/c1-9-5-6-17(13(19)7-9)8-12(18)10-3-2-4-11(15)14(10)16/h2-7,12,18H,8H2,1H3. The zero-order chi connectivity index (χ0) is 14.0. The molecule has 2 aromatic rings. The first-order chi connectivity index (χ1) is 8.99. The fraction of sp³-hybridized carbons (Fsp3) is 0.214. The molecule has 0 spiro atoms. The van der Waals surface area contributed by atoms with Gasteiger partial charge in [0.2, 0.25) is 0 Å². The van der Waals surface area contributed by atoms with Gasteiger partial charge in [-0.15, -0.1) is 0 Å². The summed E-state index contributed by atoms with van der Waals surface area (Å²) in [5.74, 6) is -2.11. The first kappa shape index (κ1) is 13.4. The lowest BCUT2D eigenvalue weighted by Crippen LogP contribution is -2.22. The Morgan fingerprint density at radius 3 is 2.74 bits per heavy atom. The van der Waals surface area contributed by atoms with Crippen molar-refractivity contribution >= 4 is 0 Å². The highest BCUT2D eigenvalue weighted by molar-refractivity contribution is 5.21. The highest BCUT2D eigenvalue weighted by atomic mass is 19.2. The first-order valence-corrected chi connectivity index (χ1v) is 5.78. The molecule has 19 heavy (non-hydrogen) atoms. The molecule has 5 heteroatoms. The van der Waals surface area contributed by atoms with E-state index in [0.29, 0.717) is 0 Å². The summed E-state index contributed by atoms with van der Waals surface area (Å²) in [5.41, 5.74) is 0.344. The van der Waals surface area contributed by atoms with Crippen molar-refractivity contribution in [2.75, 3.05) is 0 Å². The number of aliphatic hydroxyl groups is 1. The Labute approximate surface area is 108 Å². The quantitative estimate of drug-likeness (QED) is 0.924. The third kappa shape index (κ3) is 2.88. The summed E-state index contributed by atoms with van der Waals surface area (Å²) >= 11 is 0. The number of hydrogen-bond acceptors (Lipinski definition) is 2. The Hall–Kier alpha value is -2.01. The zero-order valence-corrected chi connectivity index (χ0v) is 10.3. The normalized spacial score (nSPS) is 12.4. The van der Waals surface area contributed by atoms with Crippen molar-refractivity contribution in [1.82, 2.24) is 4.57 Å². The Balaban J connectivity index is 2.28. The maximum absolute atomic E-state index is 13.5. The van der Waals surface area contributed by atoms with Crippen molar-refractivity contribution in [3.63, 3.8) is 0 Å². The molecule has 0 radical (unpaired) electrons. The van der Waals surface area contributed by atoms with Gasteiger partial charge in [0.15, 0.2) is 11.6 Å². The minimum atomic E-state index is -1.28. The van der Waals surface area contributed by atoms with E-state index >= 15 is 0 Å². The molecule has 0 bridgehead atoms. The van der Waals surface area contributed by atoms with Crippen LogP contribution in [0, 0.1) is 18.6 Å². The summed E-state index contributed by atoms with van der Waals surface area (Å²) in [5, 5.41) is 9.91. The second-order valence-corrected chi connectivity index (χ2v) is 4.35. The van der Waals surface area contributed by atoms with Crippen LogP contribution in [0.1, 0.15) is 17.2 Å². The number of aryl methyl sites for hydroxylation is 1. The summed E-state index contributed by atoms with van der Waals surface area (Å²) in [7, 11) is 0. The van der Waals surface area contributed by atoms with Crippen molar-refractivity contribution in [2.45, 2.75) is 19.6 Å². The molecular formula is C14H13F2NO2. The fourth-order valence-corrected chi connectivity index (χ4v) is 1.82. The average Bonchev–Trinajstić information content (AvgIpc) is 2.36. The lowest BCUT2D eigenvalue weighted by molar-refractivity contribution is 0.149. The number of aliphatic hydroxyl groups excluding tert-OH is 1. The highest BCUT2D eigenvalue weighted by Crippen LogP contribution is 2.20. The topological polar surface area (TPSA) is 42.2 Å². The van der Waals surface area contributed by atoms with E-state index in [1.165, 1.54) is 29.0 Å². The molecule has 0 fully saturated rings. The number of aromatic nitrogens is 1. The molecule has 1 unspecified atom stereocenters. The van der Waals surface area contributed by atoms with Crippen molar-refractivity contribution in [2.24, 2.45) is 0 Å². The van der Waals surface area contributed by atoms with Gasteiger partial charge in [-0.05, 0) is 24.6 Å². The minimum Gasteiger partial charge on any atom is -0.386 e. The Morgan fingerprint density at radius 1 is 1.32 bits per heavy atom. The molecule has 0 amide bonds. The Kier molecular flexibility index (Phi) is 3.76. The average molecular weight is 265 g/mol. The summed E-state index contributed by atoms with van der Waals surface area (Å²) in [6, 6.07) is 6.70. The molecule has 100 valence electrons. The summed E-state index contributed by atoms with van der Waals surface area (Å²) < 4.78 is 27.8. The number of hydrogen-bond donors (Lipinski definition) is 1. The predicted octanol–water partition coefficient (Wildman–Crippen LogP) is 2.17. The van der Waals surface area contributed by atoms with Gasteiger partial charge in [0.05, 0.1) is 12.6 Å². The van der Waals surface area contributed by atoms with E-state index < -0.39 is 17.7 Å². The smallest absolute Gasteiger partial charge is 0.250 e. The van der Waals surface area contributed by atoms with Gasteiger partial charge in [0, 0.05) is 17.8 Å². The van der Waals surface area contributed by atoms with Crippen molar-refractivity contribution in [1.29, 1.82) is 0 Å². The van der Waals surface area contributed by atoms with E-state index in [-0.39, 0.29) is 17.7 Å². The van der Waals surface area contributed by atoms with Crippen LogP contribution in [0.5, 0.6) is 0 Å². The second-order valence-electron chi connectivity index (χ2n) is 4.35. The van der Waals surface area contributed by atoms with Gasteiger partial charge in [-0.25, -0.2) is 8.78 Å². The van der Waals surface area contributed by atoms with Crippen LogP contribution in [0.4, 0.5) is 8.78 Å². The van der Waals surface area contributed by atoms with Crippen LogP contribution >= 0.6 is 0 Å². The second kappa shape index (κ2) is 5.32. The maximum Gasteiger partial charge on any atom is 0.250 e. The molecular weight excluding hydrogens is 252 g/mol. The van der Waals surface area contributed by atoms with E-state index in [1.807, 2.05) is 0 Å². The number of benzene rings is 1. The Bertz CT molecular complexity index is 652. The third-order valence-electron chi connectivity index (χ3n) is 2.86. The predicted molar refractivity (Wildman–Crippen MR) is 66.8 cm³/mol. The van der Waals surface area contributed by atoms with Crippen LogP contribution in [0.3, 0.4) is 0 Å². The van der Waals surface area contributed by atoms with Crippen LogP contribution in [-0.2, 0) is 6.54 Å². The molecule has 1 aromatic carbocycles. The van der Waals surface area contributed by atoms with E-state index in [2.05, 4.69) is 0 Å². The van der Waals surface area contributed by atoms with Gasteiger partial charge < -0.3 is 9.67 Å². The molecule has 0 saturated carbocycles. The summed E-state index contributed by atoms with van der Waals surface area (Å²) in [6.45, 7) is 1.65. The summed E-state index contributed by atoms with van der Waals surface area (Å²) in [4.78, 5) is 11.6. The Morgan fingerprint density at radius 2 is 2.05 bits per heavy atom. The lowest BCUT2D eigenvalue weighted by Gasteiger charge is -2.14. The number of pyridine rings is 1. The molecule has 0 saturated heterocycles. The highest BCUT2D eigenvalue weighted by Gasteiger charge is 2.16. The maximum atomic E-state index is 13.5. The van der Waals surface area contributed by atoms with Gasteiger partial charge in [-0.1, -0.05) is 12.1 Å². The third-order valence-corrected chi connectivity index (χ3v) is 2.86. The van der Waals surface area contributed by atoms with Crippen LogP contribution in [0.2, 0.25) is 0 Å². The number of nitrogens with zero attached hydrogens (tertiary/aromatic N) is 1. The number of rotatable bonds is 3. The van der Waals surface area contributed by atoms with Gasteiger partial charge in [0.25, 0.3) is 5.56 Å². The summed E-state index contributed by atoms with van der Waals surface area (Å²) in [6.07, 6.45) is 0.231. The molecule has 3 nitrogen and oxygen atoms in total. The van der Waals surface area contributed by atoms with Crippen molar-refractivity contribution in [3.8, 4) is 0 Å². The molecule has 0 aliphatic rings. The zero-order valence-electron chi connectivity index (χ0n) is 10.3. The minimum absolute atomic E-state index is 0.126. The SMILES string of the molecule is Cc1ccn(CC(O)c2cccc(F)c2F)c(=O)c1. The molecule has 1 heterocycles. The van der Waals surface area contributed by atoms with Gasteiger partial charge >= 0.3 is 0 Å². The number of halogens is 2.